The number of alkyl halides is 1. The second-order valence-corrected chi connectivity index (χ2v) is 10.4. The normalized spacial score (nSPS) is 12.7. The summed E-state index contributed by atoms with van der Waals surface area (Å²) in [5, 5.41) is 1.18. The minimum absolute atomic E-state index is 0.0418. The average Bonchev–Trinajstić information content (AvgIpc) is 3.16. The van der Waals surface area contributed by atoms with Crippen LogP contribution in [0.4, 0.5) is 0 Å². The number of aromatic nitrogens is 2. The van der Waals surface area contributed by atoms with E-state index in [1.165, 1.54) is 22.7 Å². The maximum Gasteiger partial charge on any atom is 0.358 e. The summed E-state index contributed by atoms with van der Waals surface area (Å²) >= 11 is 6.41. The summed E-state index contributed by atoms with van der Waals surface area (Å²) in [7, 11) is 0. The predicted octanol–water partition coefficient (Wildman–Crippen LogP) is 5.80. The Balaban J connectivity index is 2.46. The van der Waals surface area contributed by atoms with E-state index in [1.54, 1.807) is 27.7 Å². The van der Waals surface area contributed by atoms with Gasteiger partial charge in [0.15, 0.2) is 21.4 Å². The van der Waals surface area contributed by atoms with Crippen molar-refractivity contribution >= 4 is 50.5 Å². The molecule has 1 unspecified atom stereocenters. The number of esters is 2. The molecule has 0 N–H and O–H groups in total. The molecule has 9 heteroatoms. The number of nitrogens with zero attached hydrogens (tertiary/aromatic N) is 2. The minimum atomic E-state index is -0.453. The molecule has 0 saturated carbocycles. The summed E-state index contributed by atoms with van der Waals surface area (Å²) in [5.41, 5.74) is 0.583. The minimum Gasteiger partial charge on any atom is -0.458 e. The van der Waals surface area contributed by atoms with Crippen molar-refractivity contribution in [3.05, 3.63) is 21.1 Å². The first kappa shape index (κ1) is 23.0. The van der Waals surface area contributed by atoms with Crippen LogP contribution < -0.4 is 0 Å². The van der Waals surface area contributed by atoms with Crippen molar-refractivity contribution < 1.29 is 19.1 Å². The third-order valence-corrected chi connectivity index (χ3v) is 7.61. The maximum atomic E-state index is 12.6. The molecule has 0 spiro atoms. The quantitative estimate of drug-likeness (QED) is 0.362. The maximum absolute atomic E-state index is 12.6. The van der Waals surface area contributed by atoms with Crippen molar-refractivity contribution in [2.45, 2.75) is 65.5 Å². The summed E-state index contributed by atoms with van der Waals surface area (Å²) < 4.78 is 10.6. The van der Waals surface area contributed by atoms with Gasteiger partial charge in [-0.2, -0.15) is 0 Å². The van der Waals surface area contributed by atoms with Crippen molar-refractivity contribution in [2.75, 3.05) is 0 Å². The van der Waals surface area contributed by atoms with E-state index in [4.69, 9.17) is 9.47 Å². The fourth-order valence-electron chi connectivity index (χ4n) is 2.28. The van der Waals surface area contributed by atoms with Crippen molar-refractivity contribution in [2.24, 2.45) is 5.92 Å². The third kappa shape index (κ3) is 5.39. The molecule has 0 aliphatic carbocycles. The zero-order chi connectivity index (χ0) is 21.2. The van der Waals surface area contributed by atoms with Crippen LogP contribution in [0.5, 0.6) is 0 Å². The lowest BCUT2D eigenvalue weighted by atomic mass is 10.1. The van der Waals surface area contributed by atoms with Gasteiger partial charge in [0.25, 0.3) is 0 Å². The Labute approximate surface area is 181 Å². The topological polar surface area (TPSA) is 78.4 Å². The van der Waals surface area contributed by atoms with Crippen LogP contribution in [0.25, 0.3) is 10.0 Å². The van der Waals surface area contributed by atoms with Crippen LogP contribution in [0.15, 0.2) is 0 Å². The van der Waals surface area contributed by atoms with Crippen LogP contribution in [-0.4, -0.2) is 34.1 Å². The highest BCUT2D eigenvalue weighted by Gasteiger charge is 2.29. The molecule has 0 bridgehead atoms. The van der Waals surface area contributed by atoms with E-state index in [0.29, 0.717) is 15.7 Å². The molecule has 0 aliphatic rings. The summed E-state index contributed by atoms with van der Waals surface area (Å²) in [5.74, 6) is -0.648. The SMILES string of the molecule is Cc1sc(-c2nc(C(=O)OC(C)C)c(C(Br)C(C)C)s2)nc1C(=O)OC(C)C. The number of ether oxygens (including phenoxy) is 2. The molecule has 28 heavy (non-hydrogen) atoms. The molecule has 6 nitrogen and oxygen atoms in total. The number of halogens is 1. The molecule has 1 atom stereocenters. The van der Waals surface area contributed by atoms with E-state index < -0.39 is 11.9 Å². The lowest BCUT2D eigenvalue weighted by Crippen LogP contribution is -2.14. The number of carbonyl (C=O) groups excluding carboxylic acids is 2. The number of thiazole rings is 2. The van der Waals surface area contributed by atoms with Gasteiger partial charge in [0, 0.05) is 4.88 Å². The molecule has 0 aromatic carbocycles. The van der Waals surface area contributed by atoms with Gasteiger partial charge in [-0.1, -0.05) is 29.8 Å². The second-order valence-electron chi connectivity index (χ2n) is 7.21. The first-order valence-electron chi connectivity index (χ1n) is 9.05. The molecule has 0 fully saturated rings. The van der Waals surface area contributed by atoms with Crippen molar-refractivity contribution in [3.8, 4) is 10.0 Å². The number of hydrogen-bond acceptors (Lipinski definition) is 8. The van der Waals surface area contributed by atoms with Crippen LogP contribution in [-0.2, 0) is 9.47 Å². The third-order valence-electron chi connectivity index (χ3n) is 3.54. The lowest BCUT2D eigenvalue weighted by molar-refractivity contribution is 0.0359. The van der Waals surface area contributed by atoms with E-state index in [1.807, 2.05) is 6.92 Å². The number of carbonyl (C=O) groups is 2. The molecule has 0 amide bonds. The van der Waals surface area contributed by atoms with Gasteiger partial charge in [0.1, 0.15) is 0 Å². The second kappa shape index (κ2) is 9.45. The largest absolute Gasteiger partial charge is 0.458 e. The highest BCUT2D eigenvalue weighted by molar-refractivity contribution is 9.09. The number of rotatable bonds is 7. The van der Waals surface area contributed by atoms with Gasteiger partial charge in [-0.15, -0.1) is 22.7 Å². The Morgan fingerprint density at radius 2 is 1.32 bits per heavy atom. The molecule has 0 saturated heterocycles. The Bertz CT molecular complexity index is 858. The standard InChI is InChI=1S/C19H25BrN2O4S2/c1-8(2)12(20)15-14(19(24)26-10(5)6)22-17(28-15)16-21-13(11(7)27-16)18(23)25-9(3)4/h8-10,12H,1-7H3. The van der Waals surface area contributed by atoms with Crippen molar-refractivity contribution in [1.82, 2.24) is 9.97 Å². The van der Waals surface area contributed by atoms with E-state index >= 15 is 0 Å². The van der Waals surface area contributed by atoms with Crippen LogP contribution >= 0.6 is 38.6 Å². The van der Waals surface area contributed by atoms with Crippen LogP contribution in [0.2, 0.25) is 0 Å². The molecule has 154 valence electrons. The Morgan fingerprint density at radius 1 is 0.857 bits per heavy atom. The predicted molar refractivity (Wildman–Crippen MR) is 116 cm³/mol. The molecule has 2 heterocycles. The van der Waals surface area contributed by atoms with Gasteiger partial charge in [-0.25, -0.2) is 19.6 Å². The molecular weight excluding hydrogens is 464 g/mol. The highest BCUT2D eigenvalue weighted by Crippen LogP contribution is 2.41. The number of aryl methyl sites for hydroxylation is 1. The lowest BCUT2D eigenvalue weighted by Gasteiger charge is -2.13. The smallest absolute Gasteiger partial charge is 0.358 e. The Hall–Kier alpha value is -1.32. The van der Waals surface area contributed by atoms with Gasteiger partial charge in [0.2, 0.25) is 0 Å². The molecule has 2 aromatic heterocycles. The molecule has 2 aromatic rings. The highest BCUT2D eigenvalue weighted by atomic mass is 79.9. The number of hydrogen-bond donors (Lipinski definition) is 0. The molecular formula is C19H25BrN2O4S2. The summed E-state index contributed by atoms with van der Waals surface area (Å²) in [4.78, 5) is 35.3. The van der Waals surface area contributed by atoms with E-state index in [0.717, 1.165) is 9.75 Å². The van der Waals surface area contributed by atoms with Crippen LogP contribution in [0.3, 0.4) is 0 Å². The first-order valence-corrected chi connectivity index (χ1v) is 11.6. The Kier molecular flexibility index (Phi) is 7.75. The van der Waals surface area contributed by atoms with Crippen LogP contribution in [0, 0.1) is 12.8 Å². The monoisotopic (exact) mass is 488 g/mol. The molecule has 0 radical (unpaired) electrons. The van der Waals surface area contributed by atoms with E-state index in [-0.39, 0.29) is 28.6 Å². The van der Waals surface area contributed by atoms with Crippen LogP contribution in [0.1, 0.15) is 77.1 Å². The van der Waals surface area contributed by atoms with Gasteiger partial charge < -0.3 is 9.47 Å². The van der Waals surface area contributed by atoms with E-state index in [9.17, 15) is 9.59 Å². The van der Waals surface area contributed by atoms with Gasteiger partial charge in [0.05, 0.1) is 21.9 Å². The molecule has 2 rings (SSSR count). The fourth-order valence-corrected chi connectivity index (χ4v) is 4.90. The van der Waals surface area contributed by atoms with Gasteiger partial charge in [-0.05, 0) is 40.5 Å². The van der Waals surface area contributed by atoms with Crippen molar-refractivity contribution in [1.29, 1.82) is 0 Å². The van der Waals surface area contributed by atoms with Crippen molar-refractivity contribution in [3.63, 3.8) is 0 Å². The zero-order valence-electron chi connectivity index (χ0n) is 17.0. The van der Waals surface area contributed by atoms with Gasteiger partial charge in [-0.3, -0.25) is 0 Å². The fraction of sp³-hybridized carbons (Fsp3) is 0.579. The zero-order valence-corrected chi connectivity index (χ0v) is 20.3. The summed E-state index contributed by atoms with van der Waals surface area (Å²) in [6.45, 7) is 13.1. The summed E-state index contributed by atoms with van der Waals surface area (Å²) in [6, 6.07) is 0. The van der Waals surface area contributed by atoms with Gasteiger partial charge >= 0.3 is 11.9 Å². The average molecular weight is 489 g/mol. The molecule has 0 aliphatic heterocycles. The summed E-state index contributed by atoms with van der Waals surface area (Å²) in [6.07, 6.45) is -0.459. The van der Waals surface area contributed by atoms with E-state index in [2.05, 4.69) is 39.7 Å². The Morgan fingerprint density at radius 3 is 1.82 bits per heavy atom. The first-order chi connectivity index (χ1) is 13.0.